The highest BCUT2D eigenvalue weighted by Crippen LogP contribution is 1.81. The average Bonchev–Trinajstić information content (AvgIpc) is 2.03. The van der Waals surface area contributed by atoms with Crippen LogP contribution in [0.5, 0.6) is 0 Å². The van der Waals surface area contributed by atoms with E-state index in [0.29, 0.717) is 0 Å². The third kappa shape index (κ3) is 1.37. The van der Waals surface area contributed by atoms with E-state index in [1.165, 1.54) is 0 Å². The minimum atomic E-state index is -0.742. The van der Waals surface area contributed by atoms with E-state index in [0.717, 1.165) is 0 Å². The molecule has 11 heavy (non-hydrogen) atoms. The lowest BCUT2D eigenvalue weighted by Gasteiger charge is -1.85. The molecule has 0 aromatic carbocycles. The highest BCUT2D eigenvalue weighted by molar-refractivity contribution is 5.14. The molecule has 0 spiro atoms. The Balaban J connectivity index is 3.41. The van der Waals surface area contributed by atoms with E-state index in [1.807, 2.05) is 4.98 Å². The number of aromatic nitrogens is 3. The van der Waals surface area contributed by atoms with Crippen molar-refractivity contribution in [2.75, 3.05) is 0 Å². The van der Waals surface area contributed by atoms with E-state index in [1.54, 1.807) is 12.1 Å². The van der Waals surface area contributed by atoms with Crippen LogP contribution in [0.3, 0.4) is 0 Å². The van der Waals surface area contributed by atoms with Crippen molar-refractivity contribution in [2.45, 2.75) is 0 Å². The lowest BCUT2D eigenvalue weighted by molar-refractivity contribution is 0.936. The number of hydrogen-bond donors (Lipinski definition) is 1. The first kappa shape index (κ1) is 6.90. The van der Waals surface area contributed by atoms with Crippen molar-refractivity contribution in [3.63, 3.8) is 0 Å². The van der Waals surface area contributed by atoms with Gasteiger partial charge in [-0.05, 0) is 0 Å². The van der Waals surface area contributed by atoms with Crippen molar-refractivity contribution in [3.8, 4) is 12.1 Å². The fourth-order valence-corrected chi connectivity index (χ4v) is 0.487. The Labute approximate surface area is 60.8 Å². The second kappa shape index (κ2) is 2.58. The van der Waals surface area contributed by atoms with Crippen LogP contribution in [-0.2, 0) is 0 Å². The van der Waals surface area contributed by atoms with Crippen LogP contribution < -0.4 is 5.69 Å². The molecule has 0 saturated carbocycles. The summed E-state index contributed by atoms with van der Waals surface area (Å²) in [6.45, 7) is 0. The molecule has 0 saturated heterocycles. The molecule has 1 aromatic rings. The number of H-pyrrole nitrogens is 1. The van der Waals surface area contributed by atoms with Crippen LogP contribution in [0.2, 0.25) is 0 Å². The molecular formula is C5HN5O. The predicted octanol–water partition coefficient (Wildman–Crippen LogP) is -1.09. The summed E-state index contributed by atoms with van der Waals surface area (Å²) in [7, 11) is 0. The monoisotopic (exact) mass is 147 g/mol. The van der Waals surface area contributed by atoms with Crippen molar-refractivity contribution < 1.29 is 0 Å². The smallest absolute Gasteiger partial charge is 0.281 e. The van der Waals surface area contributed by atoms with Crippen LogP contribution >= 0.6 is 0 Å². The van der Waals surface area contributed by atoms with E-state index < -0.39 is 5.69 Å². The summed E-state index contributed by atoms with van der Waals surface area (Å²) >= 11 is 0. The Morgan fingerprint density at radius 2 is 2.00 bits per heavy atom. The molecule has 0 atom stereocenters. The van der Waals surface area contributed by atoms with Gasteiger partial charge in [0, 0.05) is 0 Å². The number of nitriles is 2. The molecule has 1 rings (SSSR count). The molecule has 0 fully saturated rings. The average molecular weight is 147 g/mol. The summed E-state index contributed by atoms with van der Waals surface area (Å²) in [5.74, 6) is -0.508. The van der Waals surface area contributed by atoms with Crippen LogP contribution in [0, 0.1) is 22.7 Å². The molecule has 0 unspecified atom stereocenters. The molecule has 0 amide bonds. The van der Waals surface area contributed by atoms with Crippen LogP contribution in [0.15, 0.2) is 4.79 Å². The molecule has 0 aliphatic carbocycles. The highest BCUT2D eigenvalue weighted by atomic mass is 16.1. The molecule has 0 aliphatic rings. The van der Waals surface area contributed by atoms with Gasteiger partial charge in [0.25, 0.3) is 0 Å². The SMILES string of the molecule is N#Cc1nc(C#N)[nH]c(=O)n1. The molecule has 0 radical (unpaired) electrons. The van der Waals surface area contributed by atoms with Gasteiger partial charge in [-0.3, -0.25) is 4.98 Å². The largest absolute Gasteiger partial charge is 0.349 e. The quantitative estimate of drug-likeness (QED) is 0.501. The summed E-state index contributed by atoms with van der Waals surface area (Å²) in [5.41, 5.74) is -0.742. The third-order valence-corrected chi connectivity index (χ3v) is 0.856. The third-order valence-electron chi connectivity index (χ3n) is 0.856. The zero-order valence-electron chi connectivity index (χ0n) is 5.20. The maximum atomic E-state index is 10.5. The molecular weight excluding hydrogens is 146 g/mol. The first-order chi connectivity index (χ1) is 5.26. The van der Waals surface area contributed by atoms with Gasteiger partial charge in [0.05, 0.1) is 0 Å². The van der Waals surface area contributed by atoms with Gasteiger partial charge in [0.15, 0.2) is 0 Å². The molecule has 6 nitrogen and oxygen atoms in total. The fraction of sp³-hybridized carbons (Fsp3) is 0. The fourth-order valence-electron chi connectivity index (χ4n) is 0.487. The normalized spacial score (nSPS) is 8.18. The first-order valence-electron chi connectivity index (χ1n) is 2.55. The number of nitrogens with zero attached hydrogens (tertiary/aromatic N) is 4. The van der Waals surface area contributed by atoms with E-state index in [-0.39, 0.29) is 11.6 Å². The van der Waals surface area contributed by atoms with Crippen molar-refractivity contribution in [1.29, 1.82) is 10.5 Å². The van der Waals surface area contributed by atoms with Crippen molar-refractivity contribution in [2.24, 2.45) is 0 Å². The molecule has 52 valence electrons. The van der Waals surface area contributed by atoms with Gasteiger partial charge in [-0.1, -0.05) is 0 Å². The minimum absolute atomic E-state index is 0.207. The van der Waals surface area contributed by atoms with E-state index in [4.69, 9.17) is 10.5 Å². The maximum Gasteiger partial charge on any atom is 0.349 e. The molecule has 1 aromatic heterocycles. The predicted molar refractivity (Wildman–Crippen MR) is 32.1 cm³/mol. The van der Waals surface area contributed by atoms with Gasteiger partial charge in [-0.25, -0.2) is 4.79 Å². The van der Waals surface area contributed by atoms with Gasteiger partial charge in [0.1, 0.15) is 12.1 Å². The molecule has 1 heterocycles. The van der Waals surface area contributed by atoms with Crippen molar-refractivity contribution >= 4 is 0 Å². The van der Waals surface area contributed by atoms with E-state index in [9.17, 15) is 4.79 Å². The summed E-state index contributed by atoms with van der Waals surface area (Å²) in [6, 6.07) is 3.13. The second-order valence-electron chi connectivity index (χ2n) is 1.55. The van der Waals surface area contributed by atoms with Crippen molar-refractivity contribution in [1.82, 2.24) is 15.0 Å². The first-order valence-corrected chi connectivity index (χ1v) is 2.55. The van der Waals surface area contributed by atoms with Gasteiger partial charge in [-0.2, -0.15) is 20.5 Å². The Kier molecular flexibility index (Phi) is 1.62. The standard InChI is InChI=1S/C5HN5O/c6-1-3-8-4(2-7)10-5(11)9-3/h(H,8,9,10,11). The summed E-state index contributed by atoms with van der Waals surface area (Å²) < 4.78 is 0. The number of hydrogen-bond acceptors (Lipinski definition) is 5. The van der Waals surface area contributed by atoms with Gasteiger partial charge in [0.2, 0.25) is 11.6 Å². The molecule has 0 bridgehead atoms. The van der Waals surface area contributed by atoms with Crippen molar-refractivity contribution in [3.05, 3.63) is 22.1 Å². The molecule has 1 N–H and O–H groups in total. The molecule has 0 aliphatic heterocycles. The van der Waals surface area contributed by atoms with E-state index in [2.05, 4.69) is 9.97 Å². The van der Waals surface area contributed by atoms with E-state index >= 15 is 0 Å². The zero-order valence-corrected chi connectivity index (χ0v) is 5.20. The van der Waals surface area contributed by atoms with Crippen LogP contribution in [0.1, 0.15) is 11.6 Å². The highest BCUT2D eigenvalue weighted by Gasteiger charge is 1.98. The number of aromatic amines is 1. The Morgan fingerprint density at radius 3 is 2.55 bits per heavy atom. The lowest BCUT2D eigenvalue weighted by atomic mass is 10.6. The number of nitrogens with one attached hydrogen (secondary N) is 1. The van der Waals surface area contributed by atoms with Crippen LogP contribution in [0.25, 0.3) is 0 Å². The van der Waals surface area contributed by atoms with Gasteiger partial charge in [-0.15, -0.1) is 0 Å². The number of rotatable bonds is 0. The van der Waals surface area contributed by atoms with Gasteiger partial charge >= 0.3 is 5.69 Å². The maximum absolute atomic E-state index is 10.5. The Bertz CT molecular complexity index is 371. The van der Waals surface area contributed by atoms with Gasteiger partial charge < -0.3 is 0 Å². The second-order valence-corrected chi connectivity index (χ2v) is 1.55. The van der Waals surface area contributed by atoms with Crippen LogP contribution in [-0.4, -0.2) is 15.0 Å². The zero-order chi connectivity index (χ0) is 8.27. The minimum Gasteiger partial charge on any atom is -0.281 e. The summed E-state index contributed by atoms with van der Waals surface area (Å²) in [6.07, 6.45) is 0. The lowest BCUT2D eigenvalue weighted by Crippen LogP contribution is -2.15. The summed E-state index contributed by atoms with van der Waals surface area (Å²) in [5, 5.41) is 16.5. The topological polar surface area (TPSA) is 106 Å². The van der Waals surface area contributed by atoms with Crippen LogP contribution in [0.4, 0.5) is 0 Å². The summed E-state index contributed by atoms with van der Waals surface area (Å²) in [4.78, 5) is 19.1. The Hall–Kier alpha value is -2.21. The Morgan fingerprint density at radius 1 is 1.27 bits per heavy atom. The molecule has 6 heteroatoms.